The van der Waals surface area contributed by atoms with Crippen molar-refractivity contribution in [1.82, 2.24) is 10.6 Å². The summed E-state index contributed by atoms with van der Waals surface area (Å²) in [6.07, 6.45) is 23.2. The molecule has 6 nitrogen and oxygen atoms in total. The maximum Gasteiger partial charge on any atom is 0.326 e. The van der Waals surface area contributed by atoms with E-state index in [-0.39, 0.29) is 11.8 Å². The number of carboxylic acids is 1. The van der Waals surface area contributed by atoms with E-state index in [0.717, 1.165) is 38.5 Å². The molecule has 0 aliphatic rings. The van der Waals surface area contributed by atoms with Gasteiger partial charge >= 0.3 is 5.97 Å². The summed E-state index contributed by atoms with van der Waals surface area (Å²) in [4.78, 5) is 35.5. The van der Waals surface area contributed by atoms with Crippen molar-refractivity contribution < 1.29 is 19.5 Å². The maximum absolute atomic E-state index is 12.1. The molecule has 0 bridgehead atoms. The summed E-state index contributed by atoms with van der Waals surface area (Å²) in [5, 5.41) is 15.0. The van der Waals surface area contributed by atoms with Crippen LogP contribution in [0.25, 0.3) is 0 Å². The molecule has 6 heteroatoms. The minimum atomic E-state index is -0.983. The van der Waals surface area contributed by atoms with Gasteiger partial charge in [-0.25, -0.2) is 4.79 Å². The van der Waals surface area contributed by atoms with Crippen LogP contribution in [0.4, 0.5) is 0 Å². The van der Waals surface area contributed by atoms with Crippen molar-refractivity contribution >= 4 is 17.8 Å². The first-order valence-electron chi connectivity index (χ1n) is 14.8. The second-order valence-electron chi connectivity index (χ2n) is 10.1. The third-order valence-corrected chi connectivity index (χ3v) is 6.64. The van der Waals surface area contributed by atoms with Gasteiger partial charge in [-0.2, -0.15) is 0 Å². The first kappa shape index (κ1) is 33.4. The van der Waals surface area contributed by atoms with Crippen LogP contribution < -0.4 is 10.6 Å². The van der Waals surface area contributed by atoms with E-state index >= 15 is 0 Å². The summed E-state index contributed by atoms with van der Waals surface area (Å²) < 4.78 is 0. The number of aliphatic carboxylic acids is 1. The molecule has 0 heterocycles. The summed E-state index contributed by atoms with van der Waals surface area (Å²) in [6, 6.07) is -0.839. The molecule has 2 amide bonds. The van der Waals surface area contributed by atoms with Crippen LogP contribution in [-0.4, -0.2) is 35.5 Å². The molecule has 0 spiro atoms. The lowest BCUT2D eigenvalue weighted by Gasteiger charge is -2.14. The molecular weight excluding hydrogens is 440 g/mol. The van der Waals surface area contributed by atoms with Crippen LogP contribution in [-0.2, 0) is 14.4 Å². The highest BCUT2D eigenvalue weighted by molar-refractivity contribution is 5.83. The minimum Gasteiger partial charge on any atom is -0.480 e. The zero-order valence-electron chi connectivity index (χ0n) is 23.0. The fourth-order valence-electron chi connectivity index (χ4n) is 4.33. The van der Waals surface area contributed by atoms with E-state index in [4.69, 9.17) is 0 Å². The van der Waals surface area contributed by atoms with Crippen molar-refractivity contribution in [2.45, 2.75) is 161 Å². The molecular formula is C29H56N2O4. The van der Waals surface area contributed by atoms with E-state index in [9.17, 15) is 19.5 Å². The van der Waals surface area contributed by atoms with Gasteiger partial charge in [0, 0.05) is 19.4 Å². The fourth-order valence-corrected chi connectivity index (χ4v) is 4.33. The standard InChI is InChI=1S/C29H56N2O4/c1-3-5-7-9-11-13-15-16-18-23-27(32)30-25-21-20-22-26(29(34)35)31-28(33)24-19-17-14-12-10-8-6-4-2/h26H,3-25H2,1-2H3,(H,30,32)(H,31,33)(H,34,35)/t26-/m0/s1. The van der Waals surface area contributed by atoms with Gasteiger partial charge < -0.3 is 15.7 Å². The molecule has 0 unspecified atom stereocenters. The SMILES string of the molecule is CCCCCCCCCCCC(=O)NCCCC[C@H](NC(=O)CCCCCCCCCC)C(=O)O. The Morgan fingerprint density at radius 2 is 1.00 bits per heavy atom. The smallest absolute Gasteiger partial charge is 0.326 e. The molecule has 0 aromatic carbocycles. The summed E-state index contributed by atoms with van der Waals surface area (Å²) in [7, 11) is 0. The van der Waals surface area contributed by atoms with Gasteiger partial charge in [0.05, 0.1) is 0 Å². The van der Waals surface area contributed by atoms with Crippen molar-refractivity contribution in [2.24, 2.45) is 0 Å². The van der Waals surface area contributed by atoms with Gasteiger partial charge in [-0.05, 0) is 32.1 Å². The summed E-state index contributed by atoms with van der Waals surface area (Å²) >= 11 is 0. The van der Waals surface area contributed by atoms with E-state index in [2.05, 4.69) is 24.5 Å². The van der Waals surface area contributed by atoms with Crippen molar-refractivity contribution in [3.63, 3.8) is 0 Å². The minimum absolute atomic E-state index is 0.0846. The second-order valence-corrected chi connectivity index (χ2v) is 10.1. The van der Waals surface area contributed by atoms with Crippen LogP contribution in [0, 0.1) is 0 Å². The molecule has 0 aromatic rings. The summed E-state index contributed by atoms with van der Waals surface area (Å²) in [6.45, 7) is 5.01. The Morgan fingerprint density at radius 3 is 1.46 bits per heavy atom. The monoisotopic (exact) mass is 496 g/mol. The zero-order valence-corrected chi connectivity index (χ0v) is 23.0. The Bertz CT molecular complexity index is 525. The highest BCUT2D eigenvalue weighted by atomic mass is 16.4. The van der Waals surface area contributed by atoms with Crippen LogP contribution >= 0.6 is 0 Å². The molecule has 0 radical (unpaired) electrons. The Hall–Kier alpha value is -1.59. The molecule has 0 saturated heterocycles. The number of hydrogen-bond donors (Lipinski definition) is 3. The van der Waals surface area contributed by atoms with E-state index in [1.54, 1.807) is 0 Å². The Balaban J connectivity index is 3.69. The largest absolute Gasteiger partial charge is 0.480 e. The Labute approximate surface area is 215 Å². The quantitative estimate of drug-likeness (QED) is 0.110. The predicted molar refractivity (Wildman–Crippen MR) is 145 cm³/mol. The number of carbonyl (C=O) groups excluding carboxylic acids is 2. The second kappa shape index (κ2) is 25.5. The number of amides is 2. The number of carboxylic acid groups (broad SMARTS) is 1. The van der Waals surface area contributed by atoms with Gasteiger partial charge in [0.2, 0.25) is 11.8 Å². The molecule has 3 N–H and O–H groups in total. The molecule has 0 fully saturated rings. The topological polar surface area (TPSA) is 95.5 Å². The lowest BCUT2D eigenvalue weighted by molar-refractivity contribution is -0.142. The molecule has 0 aromatic heterocycles. The summed E-state index contributed by atoms with van der Waals surface area (Å²) in [5.74, 6) is -1.07. The van der Waals surface area contributed by atoms with Crippen LogP contribution in [0.15, 0.2) is 0 Å². The molecule has 0 rings (SSSR count). The average Bonchev–Trinajstić information content (AvgIpc) is 2.83. The molecule has 0 aliphatic carbocycles. The first-order valence-corrected chi connectivity index (χ1v) is 14.8. The normalized spacial score (nSPS) is 11.8. The van der Waals surface area contributed by atoms with Crippen molar-refractivity contribution in [3.8, 4) is 0 Å². The Kier molecular flexibility index (Phi) is 24.3. The van der Waals surface area contributed by atoms with Gasteiger partial charge in [0.1, 0.15) is 6.04 Å². The van der Waals surface area contributed by atoms with Gasteiger partial charge in [-0.15, -0.1) is 0 Å². The van der Waals surface area contributed by atoms with E-state index < -0.39 is 12.0 Å². The number of unbranched alkanes of at least 4 members (excludes halogenated alkanes) is 16. The molecule has 35 heavy (non-hydrogen) atoms. The van der Waals surface area contributed by atoms with Crippen LogP contribution in [0.1, 0.15) is 155 Å². The average molecular weight is 497 g/mol. The summed E-state index contributed by atoms with van der Waals surface area (Å²) in [5.41, 5.74) is 0. The molecule has 1 atom stereocenters. The highest BCUT2D eigenvalue weighted by Gasteiger charge is 2.19. The van der Waals surface area contributed by atoms with Gasteiger partial charge in [-0.1, -0.05) is 110 Å². The van der Waals surface area contributed by atoms with E-state index in [1.807, 2.05) is 0 Å². The van der Waals surface area contributed by atoms with E-state index in [1.165, 1.54) is 77.0 Å². The number of hydrogen-bond acceptors (Lipinski definition) is 3. The van der Waals surface area contributed by atoms with Crippen molar-refractivity contribution in [2.75, 3.05) is 6.54 Å². The third kappa shape index (κ3) is 23.9. The number of carbonyl (C=O) groups is 3. The van der Waals surface area contributed by atoms with Crippen molar-refractivity contribution in [3.05, 3.63) is 0 Å². The van der Waals surface area contributed by atoms with Crippen LogP contribution in [0.3, 0.4) is 0 Å². The molecule has 0 saturated carbocycles. The number of nitrogens with one attached hydrogen (secondary N) is 2. The Morgan fingerprint density at radius 1 is 0.571 bits per heavy atom. The molecule has 0 aliphatic heterocycles. The van der Waals surface area contributed by atoms with Crippen LogP contribution in [0.5, 0.6) is 0 Å². The number of rotatable bonds is 26. The zero-order chi connectivity index (χ0) is 26.0. The first-order chi connectivity index (χ1) is 17.0. The highest BCUT2D eigenvalue weighted by Crippen LogP contribution is 2.11. The third-order valence-electron chi connectivity index (χ3n) is 6.64. The van der Waals surface area contributed by atoms with Gasteiger partial charge in [0.15, 0.2) is 0 Å². The fraction of sp³-hybridized carbons (Fsp3) is 0.897. The lowest BCUT2D eigenvalue weighted by Crippen LogP contribution is -2.40. The molecule has 206 valence electrons. The van der Waals surface area contributed by atoms with E-state index in [0.29, 0.717) is 32.2 Å². The van der Waals surface area contributed by atoms with Crippen molar-refractivity contribution in [1.29, 1.82) is 0 Å². The van der Waals surface area contributed by atoms with Crippen LogP contribution in [0.2, 0.25) is 0 Å². The maximum atomic E-state index is 12.1. The predicted octanol–water partition coefficient (Wildman–Crippen LogP) is 7.29. The van der Waals surface area contributed by atoms with Gasteiger partial charge in [0.25, 0.3) is 0 Å². The van der Waals surface area contributed by atoms with Gasteiger partial charge in [-0.3, -0.25) is 9.59 Å². The lowest BCUT2D eigenvalue weighted by atomic mass is 10.1.